The molecule has 0 heterocycles. The highest BCUT2D eigenvalue weighted by molar-refractivity contribution is 5.76. The molecule has 0 radical (unpaired) electrons. The lowest BCUT2D eigenvalue weighted by Crippen LogP contribution is -2.48. The van der Waals surface area contributed by atoms with Crippen molar-refractivity contribution in [3.05, 3.63) is 0 Å². The molecule has 118 valence electrons. The maximum Gasteiger partial charge on any atom is 0.220 e. The highest BCUT2D eigenvalue weighted by Crippen LogP contribution is 2.61. The van der Waals surface area contributed by atoms with E-state index in [0.29, 0.717) is 11.3 Å². The Kier molecular flexibility index (Phi) is 3.52. The second-order valence-corrected chi connectivity index (χ2v) is 8.73. The Morgan fingerprint density at radius 1 is 1.00 bits per heavy atom. The fourth-order valence-corrected chi connectivity index (χ4v) is 6.40. The molecule has 5 rings (SSSR count). The van der Waals surface area contributed by atoms with Crippen LogP contribution in [-0.4, -0.2) is 23.7 Å². The summed E-state index contributed by atoms with van der Waals surface area (Å²) in [6.45, 7) is 0.780. The van der Waals surface area contributed by atoms with E-state index in [1.54, 1.807) is 0 Å². The van der Waals surface area contributed by atoms with E-state index in [9.17, 15) is 9.90 Å². The average molecular weight is 291 g/mol. The van der Waals surface area contributed by atoms with Gasteiger partial charge in [0.05, 0.1) is 6.10 Å². The van der Waals surface area contributed by atoms with Crippen molar-refractivity contribution in [3.63, 3.8) is 0 Å². The normalized spacial score (nSPS) is 47.8. The molecular formula is C18H29NO2. The number of rotatable bonds is 4. The van der Waals surface area contributed by atoms with E-state index in [0.717, 1.165) is 50.0 Å². The minimum atomic E-state index is -0.130. The molecule has 5 aliphatic rings. The molecule has 3 nitrogen and oxygen atoms in total. The van der Waals surface area contributed by atoms with Gasteiger partial charge in [-0.2, -0.15) is 0 Å². The van der Waals surface area contributed by atoms with Crippen LogP contribution < -0.4 is 5.32 Å². The monoisotopic (exact) mass is 291 g/mol. The molecule has 2 atom stereocenters. The Hall–Kier alpha value is -0.570. The highest BCUT2D eigenvalue weighted by Gasteiger charge is 2.51. The lowest BCUT2D eigenvalue weighted by Gasteiger charge is -2.56. The van der Waals surface area contributed by atoms with Gasteiger partial charge in [-0.1, -0.05) is 0 Å². The van der Waals surface area contributed by atoms with Gasteiger partial charge in [0.1, 0.15) is 0 Å². The number of amides is 1. The molecule has 5 fully saturated rings. The fourth-order valence-electron chi connectivity index (χ4n) is 6.40. The Labute approximate surface area is 127 Å². The summed E-state index contributed by atoms with van der Waals surface area (Å²) in [5.74, 6) is 3.55. The third-order valence-electron chi connectivity index (χ3n) is 6.80. The van der Waals surface area contributed by atoms with Crippen molar-refractivity contribution in [3.8, 4) is 0 Å². The van der Waals surface area contributed by atoms with Crippen molar-refractivity contribution >= 4 is 5.91 Å². The van der Waals surface area contributed by atoms with E-state index in [4.69, 9.17) is 0 Å². The second-order valence-electron chi connectivity index (χ2n) is 8.73. The molecule has 21 heavy (non-hydrogen) atoms. The molecule has 4 bridgehead atoms. The molecule has 2 N–H and O–H groups in total. The number of aliphatic hydroxyl groups is 1. The number of carbonyl (C=O) groups is 1. The van der Waals surface area contributed by atoms with Crippen LogP contribution >= 0.6 is 0 Å². The number of hydrogen-bond donors (Lipinski definition) is 2. The van der Waals surface area contributed by atoms with Crippen LogP contribution in [0.5, 0.6) is 0 Å². The van der Waals surface area contributed by atoms with Gasteiger partial charge in [0.2, 0.25) is 5.91 Å². The summed E-state index contributed by atoms with van der Waals surface area (Å²) in [6.07, 6.45) is 11.8. The SMILES string of the molecule is O=C(CC12CC3CC(CC(C3)C1)C2)NCC1CCC(O)C1. The minimum absolute atomic E-state index is 0.130. The third kappa shape index (κ3) is 2.86. The Balaban J connectivity index is 1.30. The van der Waals surface area contributed by atoms with Gasteiger partial charge in [-0.25, -0.2) is 0 Å². The first-order valence-corrected chi connectivity index (χ1v) is 9.05. The molecule has 2 unspecified atom stereocenters. The van der Waals surface area contributed by atoms with Crippen LogP contribution in [0.1, 0.15) is 64.2 Å². The predicted octanol–water partition coefficient (Wildman–Crippen LogP) is 2.87. The average Bonchev–Trinajstić information content (AvgIpc) is 2.80. The molecule has 5 saturated carbocycles. The zero-order valence-electron chi connectivity index (χ0n) is 13.0. The van der Waals surface area contributed by atoms with Gasteiger partial charge in [-0.15, -0.1) is 0 Å². The van der Waals surface area contributed by atoms with Gasteiger partial charge < -0.3 is 10.4 Å². The molecule has 5 aliphatic carbocycles. The zero-order chi connectivity index (χ0) is 14.4. The summed E-state index contributed by atoms with van der Waals surface area (Å²) >= 11 is 0. The van der Waals surface area contributed by atoms with Crippen LogP contribution in [0.25, 0.3) is 0 Å². The quantitative estimate of drug-likeness (QED) is 0.837. The van der Waals surface area contributed by atoms with Gasteiger partial charge in [0, 0.05) is 13.0 Å². The van der Waals surface area contributed by atoms with Crippen LogP contribution in [0.2, 0.25) is 0 Å². The molecule has 1 amide bonds. The van der Waals surface area contributed by atoms with Crippen LogP contribution in [0.15, 0.2) is 0 Å². The van der Waals surface area contributed by atoms with E-state index in [1.165, 1.54) is 38.5 Å². The summed E-state index contributed by atoms with van der Waals surface area (Å²) in [5, 5.41) is 12.7. The minimum Gasteiger partial charge on any atom is -0.393 e. The number of carbonyl (C=O) groups excluding carboxylic acids is 1. The standard InChI is InChI=1S/C18H29NO2/c20-16-2-1-12(6-16)11-19-17(21)10-18-7-13-3-14(8-18)5-15(4-13)9-18/h12-16,20H,1-11H2,(H,19,21). The van der Waals surface area contributed by atoms with Gasteiger partial charge in [-0.3, -0.25) is 4.79 Å². The van der Waals surface area contributed by atoms with Gasteiger partial charge in [-0.05, 0) is 86.9 Å². The lowest BCUT2D eigenvalue weighted by atomic mass is 9.49. The topological polar surface area (TPSA) is 49.3 Å². The maximum absolute atomic E-state index is 12.4. The zero-order valence-corrected chi connectivity index (χ0v) is 13.0. The van der Waals surface area contributed by atoms with Crippen LogP contribution in [0, 0.1) is 29.1 Å². The first-order valence-electron chi connectivity index (χ1n) is 9.05. The lowest BCUT2D eigenvalue weighted by molar-refractivity contribution is -0.129. The summed E-state index contributed by atoms with van der Waals surface area (Å²) in [7, 11) is 0. The van der Waals surface area contributed by atoms with Crippen molar-refractivity contribution in [1.82, 2.24) is 5.32 Å². The Bertz CT molecular complexity index is 384. The first kappa shape index (κ1) is 14.0. The van der Waals surface area contributed by atoms with Crippen molar-refractivity contribution in [2.24, 2.45) is 29.1 Å². The summed E-state index contributed by atoms with van der Waals surface area (Å²) < 4.78 is 0. The van der Waals surface area contributed by atoms with Crippen molar-refractivity contribution < 1.29 is 9.90 Å². The van der Waals surface area contributed by atoms with Gasteiger partial charge in [0.25, 0.3) is 0 Å². The third-order valence-corrected chi connectivity index (χ3v) is 6.80. The van der Waals surface area contributed by atoms with Crippen molar-refractivity contribution in [2.75, 3.05) is 6.54 Å². The molecule has 0 aromatic rings. The molecule has 0 aromatic carbocycles. The highest BCUT2D eigenvalue weighted by atomic mass is 16.3. The van der Waals surface area contributed by atoms with Crippen LogP contribution in [0.4, 0.5) is 0 Å². The molecule has 3 heteroatoms. The number of nitrogens with one attached hydrogen (secondary N) is 1. The van der Waals surface area contributed by atoms with Gasteiger partial charge in [0.15, 0.2) is 0 Å². The van der Waals surface area contributed by atoms with Gasteiger partial charge >= 0.3 is 0 Å². The van der Waals surface area contributed by atoms with E-state index in [1.807, 2.05) is 0 Å². The van der Waals surface area contributed by atoms with Crippen molar-refractivity contribution in [1.29, 1.82) is 0 Å². The number of hydrogen-bond acceptors (Lipinski definition) is 2. The molecule has 0 aliphatic heterocycles. The molecular weight excluding hydrogens is 262 g/mol. The summed E-state index contributed by atoms with van der Waals surface area (Å²) in [5.41, 5.74) is 0.355. The fraction of sp³-hybridized carbons (Fsp3) is 0.944. The molecule has 0 spiro atoms. The summed E-state index contributed by atoms with van der Waals surface area (Å²) in [6, 6.07) is 0. The second kappa shape index (κ2) is 5.26. The maximum atomic E-state index is 12.4. The van der Waals surface area contributed by atoms with Crippen LogP contribution in [-0.2, 0) is 4.79 Å². The van der Waals surface area contributed by atoms with E-state index >= 15 is 0 Å². The van der Waals surface area contributed by atoms with Crippen molar-refractivity contribution in [2.45, 2.75) is 70.3 Å². The Morgan fingerprint density at radius 3 is 2.14 bits per heavy atom. The number of aliphatic hydroxyl groups excluding tert-OH is 1. The predicted molar refractivity (Wildman–Crippen MR) is 81.6 cm³/mol. The Morgan fingerprint density at radius 2 is 1.62 bits per heavy atom. The molecule has 0 saturated heterocycles. The van der Waals surface area contributed by atoms with Crippen LogP contribution in [0.3, 0.4) is 0 Å². The largest absolute Gasteiger partial charge is 0.393 e. The summed E-state index contributed by atoms with van der Waals surface area (Å²) in [4.78, 5) is 12.4. The molecule has 0 aromatic heterocycles. The van der Waals surface area contributed by atoms with E-state index < -0.39 is 0 Å². The van der Waals surface area contributed by atoms with E-state index in [-0.39, 0.29) is 12.0 Å². The van der Waals surface area contributed by atoms with E-state index in [2.05, 4.69) is 5.32 Å². The smallest absolute Gasteiger partial charge is 0.220 e. The first-order chi connectivity index (χ1) is 10.1.